The monoisotopic (exact) mass is 335 g/mol. The Kier molecular flexibility index (Phi) is 3.20. The summed E-state index contributed by atoms with van der Waals surface area (Å²) >= 11 is 0. The van der Waals surface area contributed by atoms with Crippen LogP contribution >= 0.6 is 0 Å². The van der Waals surface area contributed by atoms with E-state index in [0.29, 0.717) is 5.69 Å². The van der Waals surface area contributed by atoms with Gasteiger partial charge in [0.05, 0.1) is 17.1 Å². The number of fused-ring (bicyclic) bond motifs is 2. The van der Waals surface area contributed by atoms with E-state index in [4.69, 9.17) is 4.98 Å². The van der Waals surface area contributed by atoms with E-state index in [1.165, 1.54) is 5.56 Å². The average molecular weight is 335 g/mol. The van der Waals surface area contributed by atoms with Gasteiger partial charge in [0.15, 0.2) is 5.69 Å². The van der Waals surface area contributed by atoms with E-state index in [-0.39, 0.29) is 11.9 Å². The fraction of sp³-hybridized carbons (Fsp3) is 0.421. The molecule has 2 aromatic heterocycles. The van der Waals surface area contributed by atoms with Gasteiger partial charge in [-0.2, -0.15) is 5.10 Å². The van der Waals surface area contributed by atoms with Crippen molar-refractivity contribution in [3.63, 3.8) is 0 Å². The average Bonchev–Trinajstić information content (AvgIpc) is 3.35. The first-order valence-corrected chi connectivity index (χ1v) is 9.04. The van der Waals surface area contributed by atoms with Gasteiger partial charge < -0.3 is 9.88 Å². The Balaban J connectivity index is 1.49. The summed E-state index contributed by atoms with van der Waals surface area (Å²) in [5.74, 6) is 0.928. The lowest BCUT2D eigenvalue weighted by Crippen LogP contribution is -2.32. The minimum absolute atomic E-state index is 0.00830. The molecule has 2 N–H and O–H groups in total. The van der Waals surface area contributed by atoms with Crippen LogP contribution in [-0.4, -0.2) is 37.5 Å². The second kappa shape index (κ2) is 5.44. The van der Waals surface area contributed by atoms with Crippen LogP contribution in [0.5, 0.6) is 0 Å². The van der Waals surface area contributed by atoms with Gasteiger partial charge in [0, 0.05) is 17.8 Å². The summed E-state index contributed by atoms with van der Waals surface area (Å²) in [5.41, 5.74) is 6.07. The van der Waals surface area contributed by atoms with Gasteiger partial charge in [-0.3, -0.25) is 9.89 Å². The number of hydrogen-bond acceptors (Lipinski definition) is 3. The lowest BCUT2D eigenvalue weighted by molar-refractivity contribution is 0.0723. The van der Waals surface area contributed by atoms with Gasteiger partial charge in [-0.05, 0) is 56.7 Å². The molecule has 5 rings (SSSR count). The van der Waals surface area contributed by atoms with E-state index in [9.17, 15) is 4.79 Å². The summed E-state index contributed by atoms with van der Waals surface area (Å²) in [6, 6.07) is 6.21. The Bertz CT molecular complexity index is 970. The Hall–Kier alpha value is -2.63. The third kappa shape index (κ3) is 2.27. The number of rotatable bonds is 2. The maximum absolute atomic E-state index is 13.1. The van der Waals surface area contributed by atoms with Crippen LogP contribution in [0.15, 0.2) is 18.2 Å². The first-order chi connectivity index (χ1) is 12.2. The van der Waals surface area contributed by atoms with Gasteiger partial charge in [-0.15, -0.1) is 0 Å². The van der Waals surface area contributed by atoms with Crippen molar-refractivity contribution in [1.29, 1.82) is 0 Å². The standard InChI is InChI=1S/C19H21N5O/c1-11-7-8-14-15(10-11)21-18(20-14)16-6-3-9-24(16)19(25)17-12-4-2-5-13(12)22-23-17/h7-8,10,16H,2-6,9H2,1H3,(H,20,21)(H,22,23). The SMILES string of the molecule is Cc1ccc2nc(C3CCCN3C(=O)c3n[nH]c4c3CCC4)[nH]c2c1. The number of benzene rings is 1. The zero-order valence-corrected chi connectivity index (χ0v) is 14.3. The van der Waals surface area contributed by atoms with Crippen LogP contribution in [0.4, 0.5) is 0 Å². The molecule has 128 valence electrons. The normalized spacial score (nSPS) is 19.7. The number of hydrogen-bond donors (Lipinski definition) is 2. The summed E-state index contributed by atoms with van der Waals surface area (Å²) < 4.78 is 0. The molecule has 1 unspecified atom stereocenters. The van der Waals surface area contributed by atoms with Crippen molar-refractivity contribution in [1.82, 2.24) is 25.1 Å². The van der Waals surface area contributed by atoms with E-state index < -0.39 is 0 Å². The van der Waals surface area contributed by atoms with E-state index in [0.717, 1.165) is 66.8 Å². The molecule has 1 aliphatic carbocycles. The van der Waals surface area contributed by atoms with Crippen LogP contribution in [-0.2, 0) is 12.8 Å². The lowest BCUT2D eigenvalue weighted by Gasteiger charge is -2.22. The van der Waals surface area contributed by atoms with Crippen molar-refractivity contribution in [3.8, 4) is 0 Å². The molecule has 3 aromatic rings. The van der Waals surface area contributed by atoms with Crippen molar-refractivity contribution in [2.45, 2.75) is 45.1 Å². The number of aromatic nitrogens is 4. The zero-order chi connectivity index (χ0) is 17.0. The maximum Gasteiger partial charge on any atom is 0.275 e. The third-order valence-corrected chi connectivity index (χ3v) is 5.49. The number of H-pyrrole nitrogens is 2. The van der Waals surface area contributed by atoms with E-state index in [1.807, 2.05) is 11.0 Å². The number of nitrogens with zero attached hydrogens (tertiary/aromatic N) is 3. The van der Waals surface area contributed by atoms with Gasteiger partial charge in [-0.1, -0.05) is 6.07 Å². The third-order valence-electron chi connectivity index (χ3n) is 5.49. The number of amides is 1. The number of imidazole rings is 1. The summed E-state index contributed by atoms with van der Waals surface area (Å²) in [5, 5.41) is 7.37. The highest BCUT2D eigenvalue weighted by atomic mass is 16.2. The van der Waals surface area contributed by atoms with Gasteiger partial charge >= 0.3 is 0 Å². The Morgan fingerprint density at radius 3 is 3.12 bits per heavy atom. The molecule has 1 aliphatic heterocycles. The molecule has 0 bridgehead atoms. The summed E-state index contributed by atoms with van der Waals surface area (Å²) in [6.07, 6.45) is 5.00. The summed E-state index contributed by atoms with van der Waals surface area (Å²) in [7, 11) is 0. The van der Waals surface area contributed by atoms with E-state index >= 15 is 0 Å². The van der Waals surface area contributed by atoms with Crippen LogP contribution < -0.4 is 0 Å². The van der Waals surface area contributed by atoms with E-state index in [1.54, 1.807) is 0 Å². The predicted molar refractivity (Wildman–Crippen MR) is 94.5 cm³/mol. The fourth-order valence-corrected chi connectivity index (χ4v) is 4.23. The van der Waals surface area contributed by atoms with Crippen molar-refractivity contribution in [2.75, 3.05) is 6.54 Å². The minimum atomic E-state index is 0.00830. The number of likely N-dealkylation sites (tertiary alicyclic amines) is 1. The molecule has 6 nitrogen and oxygen atoms in total. The maximum atomic E-state index is 13.1. The highest BCUT2D eigenvalue weighted by molar-refractivity contribution is 5.94. The first kappa shape index (κ1) is 14.7. The smallest absolute Gasteiger partial charge is 0.275 e. The second-order valence-corrected chi connectivity index (χ2v) is 7.18. The van der Waals surface area contributed by atoms with Crippen LogP contribution in [0, 0.1) is 6.92 Å². The minimum Gasteiger partial charge on any atom is -0.340 e. The molecule has 1 fully saturated rings. The largest absolute Gasteiger partial charge is 0.340 e. The topological polar surface area (TPSA) is 77.7 Å². The van der Waals surface area contributed by atoms with E-state index in [2.05, 4.69) is 34.2 Å². The lowest BCUT2D eigenvalue weighted by atomic mass is 10.1. The summed E-state index contributed by atoms with van der Waals surface area (Å²) in [6.45, 7) is 2.84. The number of aromatic amines is 2. The predicted octanol–water partition coefficient (Wildman–Crippen LogP) is 3.06. The Labute approximate surface area is 145 Å². The molecule has 6 heteroatoms. The van der Waals surface area contributed by atoms with Crippen molar-refractivity contribution < 1.29 is 4.79 Å². The molecule has 3 heterocycles. The molecule has 1 saturated heterocycles. The van der Waals surface area contributed by atoms with Crippen molar-refractivity contribution >= 4 is 16.9 Å². The number of carbonyl (C=O) groups excluding carboxylic acids is 1. The number of carbonyl (C=O) groups is 1. The highest BCUT2D eigenvalue weighted by Crippen LogP contribution is 2.34. The van der Waals surface area contributed by atoms with Crippen molar-refractivity contribution in [2.24, 2.45) is 0 Å². The van der Waals surface area contributed by atoms with Gasteiger partial charge in [0.2, 0.25) is 0 Å². The molecule has 1 aromatic carbocycles. The Morgan fingerprint density at radius 1 is 1.28 bits per heavy atom. The number of aryl methyl sites for hydroxylation is 2. The summed E-state index contributed by atoms with van der Waals surface area (Å²) in [4.78, 5) is 23.2. The molecule has 0 saturated carbocycles. The molecule has 0 spiro atoms. The van der Waals surface area contributed by atoms with Crippen molar-refractivity contribution in [3.05, 3.63) is 46.5 Å². The molecule has 2 aliphatic rings. The molecule has 25 heavy (non-hydrogen) atoms. The molecule has 0 radical (unpaired) electrons. The number of nitrogens with one attached hydrogen (secondary N) is 2. The first-order valence-electron chi connectivity index (χ1n) is 9.04. The van der Waals surface area contributed by atoms with Crippen LogP contribution in [0.2, 0.25) is 0 Å². The highest BCUT2D eigenvalue weighted by Gasteiger charge is 2.35. The Morgan fingerprint density at radius 2 is 2.20 bits per heavy atom. The van der Waals surface area contributed by atoms with Gasteiger partial charge in [-0.25, -0.2) is 4.98 Å². The van der Waals surface area contributed by atoms with Crippen LogP contribution in [0.1, 0.15) is 58.4 Å². The molecular formula is C19H21N5O. The molecule has 1 atom stereocenters. The van der Waals surface area contributed by atoms with Crippen LogP contribution in [0.3, 0.4) is 0 Å². The zero-order valence-electron chi connectivity index (χ0n) is 14.3. The molecular weight excluding hydrogens is 314 g/mol. The van der Waals surface area contributed by atoms with Gasteiger partial charge in [0.1, 0.15) is 5.82 Å². The quantitative estimate of drug-likeness (QED) is 0.755. The second-order valence-electron chi connectivity index (χ2n) is 7.18. The fourth-order valence-electron chi connectivity index (χ4n) is 4.23. The molecule has 1 amide bonds. The van der Waals surface area contributed by atoms with Crippen LogP contribution in [0.25, 0.3) is 11.0 Å². The van der Waals surface area contributed by atoms with Gasteiger partial charge in [0.25, 0.3) is 5.91 Å².